The van der Waals surface area contributed by atoms with Crippen LogP contribution in [0.5, 0.6) is 5.75 Å². The number of aromatic nitrogens is 2. The molecule has 3 aromatic rings. The van der Waals surface area contributed by atoms with Crippen LogP contribution < -0.4 is 10.1 Å². The minimum absolute atomic E-state index is 0.237. The van der Waals surface area contributed by atoms with E-state index in [9.17, 15) is 4.79 Å². The van der Waals surface area contributed by atoms with Crippen LogP contribution >= 0.6 is 0 Å². The van der Waals surface area contributed by atoms with Crippen molar-refractivity contribution in [3.8, 4) is 11.4 Å². The maximum absolute atomic E-state index is 12.7. The molecular weight excluding hydrogens is 290 g/mol. The Bertz CT molecular complexity index is 825. The number of nitrogens with zero attached hydrogens (tertiary/aromatic N) is 2. The number of hydrogen-bond acceptors (Lipinski definition) is 3. The van der Waals surface area contributed by atoms with Gasteiger partial charge < -0.3 is 10.1 Å². The van der Waals surface area contributed by atoms with Crippen molar-refractivity contribution >= 4 is 11.6 Å². The van der Waals surface area contributed by atoms with E-state index in [0.717, 1.165) is 11.4 Å². The van der Waals surface area contributed by atoms with E-state index in [1.54, 1.807) is 30.0 Å². The Morgan fingerprint density at radius 2 is 1.78 bits per heavy atom. The van der Waals surface area contributed by atoms with Gasteiger partial charge in [0.2, 0.25) is 0 Å². The van der Waals surface area contributed by atoms with Gasteiger partial charge in [-0.2, -0.15) is 5.10 Å². The fraction of sp³-hybridized carbons (Fsp3) is 0.111. The van der Waals surface area contributed by atoms with Crippen LogP contribution in [0.3, 0.4) is 0 Å². The summed E-state index contributed by atoms with van der Waals surface area (Å²) in [6, 6.07) is 18.6. The maximum atomic E-state index is 12.7. The highest BCUT2D eigenvalue weighted by Gasteiger charge is 2.16. The van der Waals surface area contributed by atoms with Gasteiger partial charge in [-0.25, -0.2) is 4.68 Å². The second kappa shape index (κ2) is 6.36. The lowest BCUT2D eigenvalue weighted by molar-refractivity contribution is 0.101. The molecule has 0 radical (unpaired) electrons. The Morgan fingerprint density at radius 1 is 1.09 bits per heavy atom. The molecule has 2 aromatic carbocycles. The van der Waals surface area contributed by atoms with Crippen LogP contribution in [0.25, 0.3) is 5.69 Å². The number of benzene rings is 2. The molecule has 5 heteroatoms. The summed E-state index contributed by atoms with van der Waals surface area (Å²) in [5.41, 5.74) is 2.71. The predicted molar refractivity (Wildman–Crippen MR) is 89.2 cm³/mol. The molecule has 23 heavy (non-hydrogen) atoms. The summed E-state index contributed by atoms with van der Waals surface area (Å²) in [6.45, 7) is 1.86. The summed E-state index contributed by atoms with van der Waals surface area (Å²) in [5.74, 6) is 0.377. The van der Waals surface area contributed by atoms with Gasteiger partial charge >= 0.3 is 0 Å². The number of amides is 1. The number of methoxy groups -OCH3 is 1. The Balaban J connectivity index is 1.94. The molecule has 1 amide bonds. The fourth-order valence-electron chi connectivity index (χ4n) is 2.36. The lowest BCUT2D eigenvalue weighted by atomic mass is 10.2. The van der Waals surface area contributed by atoms with Crippen LogP contribution in [-0.4, -0.2) is 22.8 Å². The Morgan fingerprint density at radius 3 is 2.52 bits per heavy atom. The molecule has 1 N–H and O–H groups in total. The molecule has 0 saturated carbocycles. The molecule has 0 atom stereocenters. The lowest BCUT2D eigenvalue weighted by Gasteiger charge is -2.11. The van der Waals surface area contributed by atoms with Crippen molar-refractivity contribution in [2.45, 2.75) is 6.92 Å². The number of carbonyl (C=O) groups is 1. The van der Waals surface area contributed by atoms with E-state index >= 15 is 0 Å². The van der Waals surface area contributed by atoms with Gasteiger partial charge in [0.25, 0.3) is 5.91 Å². The molecule has 1 heterocycles. The third-order valence-electron chi connectivity index (χ3n) is 3.42. The maximum Gasteiger partial charge on any atom is 0.274 e. The summed E-state index contributed by atoms with van der Waals surface area (Å²) in [7, 11) is 1.57. The van der Waals surface area contributed by atoms with Crippen molar-refractivity contribution in [3.63, 3.8) is 0 Å². The van der Waals surface area contributed by atoms with E-state index in [0.29, 0.717) is 17.1 Å². The zero-order chi connectivity index (χ0) is 16.2. The van der Waals surface area contributed by atoms with Crippen LogP contribution in [0.15, 0.2) is 60.7 Å². The van der Waals surface area contributed by atoms with Gasteiger partial charge in [0.1, 0.15) is 11.4 Å². The van der Waals surface area contributed by atoms with Crippen LogP contribution in [0.1, 0.15) is 16.2 Å². The van der Waals surface area contributed by atoms with E-state index < -0.39 is 0 Å². The average molecular weight is 307 g/mol. The molecule has 0 aliphatic carbocycles. The first-order valence-corrected chi connectivity index (χ1v) is 7.25. The van der Waals surface area contributed by atoms with Crippen molar-refractivity contribution in [1.29, 1.82) is 0 Å². The topological polar surface area (TPSA) is 56.1 Å². The smallest absolute Gasteiger partial charge is 0.274 e. The van der Waals surface area contributed by atoms with Gasteiger partial charge in [-0.1, -0.05) is 30.3 Å². The molecule has 3 rings (SSSR count). The van der Waals surface area contributed by atoms with Crippen molar-refractivity contribution in [2.75, 3.05) is 12.4 Å². The van der Waals surface area contributed by atoms with Crippen molar-refractivity contribution < 1.29 is 9.53 Å². The highest BCUT2D eigenvalue weighted by Crippen LogP contribution is 2.24. The Labute approximate surface area is 134 Å². The van der Waals surface area contributed by atoms with Gasteiger partial charge in [-0.3, -0.25) is 4.79 Å². The first kappa shape index (κ1) is 14.8. The monoisotopic (exact) mass is 307 g/mol. The number of ether oxygens (including phenoxy) is 1. The van der Waals surface area contributed by atoms with Crippen molar-refractivity contribution in [3.05, 3.63) is 72.1 Å². The van der Waals surface area contributed by atoms with Crippen LogP contribution in [0.4, 0.5) is 5.69 Å². The number of carbonyl (C=O) groups excluding carboxylic acids is 1. The first-order valence-electron chi connectivity index (χ1n) is 7.25. The first-order chi connectivity index (χ1) is 11.2. The minimum Gasteiger partial charge on any atom is -0.495 e. The second-order valence-electron chi connectivity index (χ2n) is 5.07. The number of nitrogens with one attached hydrogen (secondary N) is 1. The molecule has 0 unspecified atom stereocenters. The normalized spacial score (nSPS) is 10.3. The third kappa shape index (κ3) is 3.08. The molecule has 0 fully saturated rings. The summed E-state index contributed by atoms with van der Waals surface area (Å²) in [4.78, 5) is 12.7. The molecule has 0 saturated heterocycles. The van der Waals surface area contributed by atoms with E-state index in [4.69, 9.17) is 4.74 Å². The van der Waals surface area contributed by atoms with Crippen LogP contribution in [0, 0.1) is 6.92 Å². The minimum atomic E-state index is -0.237. The quantitative estimate of drug-likeness (QED) is 0.803. The highest BCUT2D eigenvalue weighted by molar-refractivity contribution is 6.04. The number of para-hydroxylation sites is 3. The Kier molecular flexibility index (Phi) is 4.10. The van der Waals surface area contributed by atoms with Gasteiger partial charge in [0, 0.05) is 0 Å². The SMILES string of the molecule is COc1ccccc1NC(=O)c1cc(C)nn1-c1ccccc1. The third-order valence-corrected chi connectivity index (χ3v) is 3.42. The largest absolute Gasteiger partial charge is 0.495 e. The zero-order valence-corrected chi connectivity index (χ0v) is 13.0. The van der Waals surface area contributed by atoms with Crippen LogP contribution in [0.2, 0.25) is 0 Å². The number of rotatable bonds is 4. The predicted octanol–water partition coefficient (Wildman–Crippen LogP) is 3.44. The number of anilines is 1. The molecule has 0 spiro atoms. The van der Waals surface area contributed by atoms with E-state index in [2.05, 4.69) is 10.4 Å². The summed E-state index contributed by atoms with van der Waals surface area (Å²) in [6.07, 6.45) is 0. The van der Waals surface area contributed by atoms with E-state index in [-0.39, 0.29) is 5.91 Å². The lowest BCUT2D eigenvalue weighted by Crippen LogP contribution is -2.17. The molecular formula is C18H17N3O2. The standard InChI is InChI=1S/C18H17N3O2/c1-13-12-16(21(20-13)14-8-4-3-5-9-14)18(22)19-15-10-6-7-11-17(15)23-2/h3-12H,1-2H3,(H,19,22). The second-order valence-corrected chi connectivity index (χ2v) is 5.07. The Hall–Kier alpha value is -3.08. The van der Waals surface area contributed by atoms with Gasteiger partial charge in [0.05, 0.1) is 24.2 Å². The summed E-state index contributed by atoms with van der Waals surface area (Å²) >= 11 is 0. The average Bonchev–Trinajstić information content (AvgIpc) is 2.98. The molecule has 0 aliphatic rings. The number of aryl methyl sites for hydroxylation is 1. The van der Waals surface area contributed by atoms with Gasteiger partial charge in [-0.15, -0.1) is 0 Å². The molecule has 0 aliphatic heterocycles. The van der Waals surface area contributed by atoms with E-state index in [1.165, 1.54) is 0 Å². The molecule has 0 bridgehead atoms. The number of hydrogen-bond donors (Lipinski definition) is 1. The van der Waals surface area contributed by atoms with Crippen LogP contribution in [-0.2, 0) is 0 Å². The summed E-state index contributed by atoms with van der Waals surface area (Å²) < 4.78 is 6.90. The summed E-state index contributed by atoms with van der Waals surface area (Å²) in [5, 5.41) is 7.29. The van der Waals surface area contributed by atoms with E-state index in [1.807, 2.05) is 49.4 Å². The molecule has 5 nitrogen and oxygen atoms in total. The van der Waals surface area contributed by atoms with Crippen molar-refractivity contribution in [2.24, 2.45) is 0 Å². The molecule has 116 valence electrons. The van der Waals surface area contributed by atoms with Gasteiger partial charge in [-0.05, 0) is 37.3 Å². The van der Waals surface area contributed by atoms with Gasteiger partial charge in [0.15, 0.2) is 0 Å². The van der Waals surface area contributed by atoms with Crippen molar-refractivity contribution in [1.82, 2.24) is 9.78 Å². The fourth-order valence-corrected chi connectivity index (χ4v) is 2.36. The highest BCUT2D eigenvalue weighted by atomic mass is 16.5. The molecule has 1 aromatic heterocycles. The zero-order valence-electron chi connectivity index (χ0n) is 13.0.